The van der Waals surface area contributed by atoms with E-state index in [1.807, 2.05) is 17.9 Å². The summed E-state index contributed by atoms with van der Waals surface area (Å²) in [5.74, 6) is 0.831. The van der Waals surface area contributed by atoms with Crippen molar-refractivity contribution in [2.75, 3.05) is 0 Å². The summed E-state index contributed by atoms with van der Waals surface area (Å²) in [6.07, 6.45) is 5.87. The second-order valence-corrected chi connectivity index (χ2v) is 3.31. The van der Waals surface area contributed by atoms with Crippen LogP contribution in [0.5, 0.6) is 0 Å². The Morgan fingerprint density at radius 3 is 2.91 bits per heavy atom. The molecule has 0 saturated heterocycles. The summed E-state index contributed by atoms with van der Waals surface area (Å²) in [5, 5.41) is 4.27. The predicted molar refractivity (Wildman–Crippen MR) is 44.6 cm³/mol. The highest BCUT2D eigenvalue weighted by molar-refractivity contribution is 5.25. The molecular formula is C9H14N2. The van der Waals surface area contributed by atoms with Crippen LogP contribution in [0.2, 0.25) is 0 Å². The highest BCUT2D eigenvalue weighted by atomic mass is 15.3. The molecule has 0 spiro atoms. The van der Waals surface area contributed by atoms with E-state index in [0.717, 1.165) is 12.3 Å². The van der Waals surface area contributed by atoms with Gasteiger partial charge in [-0.05, 0) is 24.8 Å². The quantitative estimate of drug-likeness (QED) is 0.629. The number of hydrogen-bond acceptors (Lipinski definition) is 1. The Hall–Kier alpha value is -0.790. The van der Waals surface area contributed by atoms with Crippen LogP contribution in [-0.2, 0) is 13.5 Å². The number of nitrogens with zero attached hydrogens (tertiary/aromatic N) is 2. The Balaban J connectivity index is 2.38. The average molecular weight is 150 g/mol. The highest BCUT2D eigenvalue weighted by Gasteiger charge is 2.28. The van der Waals surface area contributed by atoms with Gasteiger partial charge >= 0.3 is 0 Å². The summed E-state index contributed by atoms with van der Waals surface area (Å²) < 4.78 is 2.04. The summed E-state index contributed by atoms with van der Waals surface area (Å²) in [4.78, 5) is 0. The summed E-state index contributed by atoms with van der Waals surface area (Å²) in [5.41, 5.74) is 2.92. The zero-order chi connectivity index (χ0) is 7.84. The molecule has 0 atom stereocenters. The lowest BCUT2D eigenvalue weighted by molar-refractivity contribution is 0.710. The molecule has 1 aromatic heterocycles. The van der Waals surface area contributed by atoms with Gasteiger partial charge in [-0.1, -0.05) is 6.92 Å². The fraction of sp³-hybridized carbons (Fsp3) is 0.667. The molecular weight excluding hydrogens is 136 g/mol. The molecule has 1 heterocycles. The van der Waals surface area contributed by atoms with Gasteiger partial charge in [-0.25, -0.2) is 0 Å². The van der Waals surface area contributed by atoms with E-state index in [1.54, 1.807) is 0 Å². The van der Waals surface area contributed by atoms with Gasteiger partial charge in [0.1, 0.15) is 0 Å². The molecule has 1 aromatic rings. The molecule has 0 unspecified atom stereocenters. The minimum atomic E-state index is 0.831. The lowest BCUT2D eigenvalue weighted by atomic mass is 10.1. The molecule has 0 bridgehead atoms. The third-order valence-electron chi connectivity index (χ3n) is 2.41. The van der Waals surface area contributed by atoms with E-state index < -0.39 is 0 Å². The molecule has 11 heavy (non-hydrogen) atoms. The average Bonchev–Trinajstić information content (AvgIpc) is 2.76. The van der Waals surface area contributed by atoms with E-state index in [4.69, 9.17) is 0 Å². The van der Waals surface area contributed by atoms with E-state index in [-0.39, 0.29) is 0 Å². The van der Waals surface area contributed by atoms with Crippen molar-refractivity contribution in [3.63, 3.8) is 0 Å². The van der Waals surface area contributed by atoms with Crippen LogP contribution in [0.3, 0.4) is 0 Å². The monoisotopic (exact) mass is 150 g/mol. The van der Waals surface area contributed by atoms with Crippen LogP contribution in [0, 0.1) is 0 Å². The summed E-state index contributed by atoms with van der Waals surface area (Å²) >= 11 is 0. The third kappa shape index (κ3) is 1.06. The Bertz CT molecular complexity index is 259. The van der Waals surface area contributed by atoms with Crippen molar-refractivity contribution in [1.82, 2.24) is 9.78 Å². The van der Waals surface area contributed by atoms with Crippen molar-refractivity contribution < 1.29 is 0 Å². The SMILES string of the molecule is CCc1cnn(C)c1C1CC1. The van der Waals surface area contributed by atoms with Gasteiger partial charge in [0.2, 0.25) is 0 Å². The first kappa shape index (κ1) is 6.89. The zero-order valence-electron chi connectivity index (χ0n) is 7.17. The molecule has 2 heteroatoms. The molecule has 0 N–H and O–H groups in total. The van der Waals surface area contributed by atoms with E-state index in [0.29, 0.717) is 0 Å². The van der Waals surface area contributed by atoms with E-state index >= 15 is 0 Å². The van der Waals surface area contributed by atoms with Gasteiger partial charge in [-0.15, -0.1) is 0 Å². The first-order chi connectivity index (χ1) is 5.33. The standard InChI is InChI=1S/C9H14N2/c1-3-7-6-10-11(2)9(7)8-4-5-8/h6,8H,3-5H2,1-2H3. The van der Waals surface area contributed by atoms with Crippen molar-refractivity contribution in [1.29, 1.82) is 0 Å². The normalized spacial score (nSPS) is 17.3. The predicted octanol–water partition coefficient (Wildman–Crippen LogP) is 1.86. The van der Waals surface area contributed by atoms with Gasteiger partial charge in [-0.3, -0.25) is 4.68 Å². The van der Waals surface area contributed by atoms with Gasteiger partial charge < -0.3 is 0 Å². The van der Waals surface area contributed by atoms with Gasteiger partial charge in [0, 0.05) is 18.7 Å². The summed E-state index contributed by atoms with van der Waals surface area (Å²) in [6, 6.07) is 0. The first-order valence-corrected chi connectivity index (χ1v) is 4.33. The minimum Gasteiger partial charge on any atom is -0.272 e. The molecule has 1 saturated carbocycles. The van der Waals surface area contributed by atoms with Crippen LogP contribution in [0.4, 0.5) is 0 Å². The number of hydrogen-bond donors (Lipinski definition) is 0. The fourth-order valence-corrected chi connectivity index (χ4v) is 1.65. The van der Waals surface area contributed by atoms with Gasteiger partial charge in [-0.2, -0.15) is 5.10 Å². The summed E-state index contributed by atoms with van der Waals surface area (Å²) in [7, 11) is 2.05. The number of aromatic nitrogens is 2. The molecule has 0 aliphatic heterocycles. The Labute approximate surface area is 67.2 Å². The highest BCUT2D eigenvalue weighted by Crippen LogP contribution is 2.41. The van der Waals surface area contributed by atoms with Crippen LogP contribution in [-0.4, -0.2) is 9.78 Å². The van der Waals surface area contributed by atoms with Crippen LogP contribution in [0.15, 0.2) is 6.20 Å². The topological polar surface area (TPSA) is 17.8 Å². The minimum absolute atomic E-state index is 0.831. The Kier molecular flexibility index (Phi) is 1.48. The number of rotatable bonds is 2. The molecule has 0 radical (unpaired) electrons. The second kappa shape index (κ2) is 2.36. The van der Waals surface area contributed by atoms with Crippen LogP contribution in [0.1, 0.15) is 36.9 Å². The third-order valence-corrected chi connectivity index (χ3v) is 2.41. The van der Waals surface area contributed by atoms with E-state index in [2.05, 4.69) is 12.0 Å². The maximum atomic E-state index is 4.27. The van der Waals surface area contributed by atoms with Crippen LogP contribution >= 0.6 is 0 Å². The maximum Gasteiger partial charge on any atom is 0.0524 e. The fourth-order valence-electron chi connectivity index (χ4n) is 1.65. The van der Waals surface area contributed by atoms with Gasteiger partial charge in [0.25, 0.3) is 0 Å². The molecule has 0 aromatic carbocycles. The van der Waals surface area contributed by atoms with Crippen molar-refractivity contribution in [3.8, 4) is 0 Å². The van der Waals surface area contributed by atoms with Crippen LogP contribution < -0.4 is 0 Å². The lowest BCUT2D eigenvalue weighted by Gasteiger charge is -2.00. The largest absolute Gasteiger partial charge is 0.272 e. The van der Waals surface area contributed by atoms with Crippen molar-refractivity contribution >= 4 is 0 Å². The van der Waals surface area contributed by atoms with Gasteiger partial charge in [0.05, 0.1) is 6.20 Å². The zero-order valence-corrected chi connectivity index (χ0v) is 7.17. The Morgan fingerprint density at radius 1 is 1.64 bits per heavy atom. The molecule has 1 aliphatic rings. The van der Waals surface area contributed by atoms with Crippen LogP contribution in [0.25, 0.3) is 0 Å². The Morgan fingerprint density at radius 2 is 2.36 bits per heavy atom. The molecule has 1 fully saturated rings. The van der Waals surface area contributed by atoms with Crippen molar-refractivity contribution in [2.24, 2.45) is 7.05 Å². The van der Waals surface area contributed by atoms with Crippen molar-refractivity contribution in [2.45, 2.75) is 32.1 Å². The van der Waals surface area contributed by atoms with Crippen molar-refractivity contribution in [3.05, 3.63) is 17.5 Å². The lowest BCUT2D eigenvalue weighted by Crippen LogP contribution is -1.97. The van der Waals surface area contributed by atoms with E-state index in [1.165, 1.54) is 24.1 Å². The molecule has 2 rings (SSSR count). The number of aryl methyl sites for hydroxylation is 2. The second-order valence-electron chi connectivity index (χ2n) is 3.31. The first-order valence-electron chi connectivity index (χ1n) is 4.33. The smallest absolute Gasteiger partial charge is 0.0524 e. The van der Waals surface area contributed by atoms with Gasteiger partial charge in [0.15, 0.2) is 0 Å². The molecule has 0 amide bonds. The molecule has 2 nitrogen and oxygen atoms in total. The maximum absolute atomic E-state index is 4.27. The summed E-state index contributed by atoms with van der Waals surface area (Å²) in [6.45, 7) is 2.20. The van der Waals surface area contributed by atoms with E-state index in [9.17, 15) is 0 Å². The molecule has 60 valence electrons. The molecule has 1 aliphatic carbocycles.